The van der Waals surface area contributed by atoms with E-state index in [-0.39, 0.29) is 11.6 Å². The molecule has 1 atom stereocenters. The number of halogens is 1. The molecule has 0 aliphatic heterocycles. The first-order valence-corrected chi connectivity index (χ1v) is 16.8. The molecule has 0 radical (unpaired) electrons. The average Bonchev–Trinajstić information content (AvgIpc) is 3.57. The van der Waals surface area contributed by atoms with Crippen LogP contribution in [0.2, 0.25) is 5.02 Å². The van der Waals surface area contributed by atoms with E-state index in [4.69, 9.17) is 21.1 Å². The summed E-state index contributed by atoms with van der Waals surface area (Å²) >= 11 is 8.68. The number of amides is 3. The van der Waals surface area contributed by atoms with Crippen molar-refractivity contribution < 1.29 is 23.9 Å². The quantitative estimate of drug-likeness (QED) is 0.0892. The molecule has 3 amide bonds. The summed E-state index contributed by atoms with van der Waals surface area (Å²) in [4.78, 5) is 44.8. The number of carbonyl (C=O) groups is 3. The largest absolute Gasteiger partial charge is 0.493 e. The van der Waals surface area contributed by atoms with Crippen molar-refractivity contribution in [3.05, 3.63) is 124 Å². The maximum Gasteiger partial charge on any atom is 0.272 e. The molecule has 1 heterocycles. The Bertz CT molecular complexity index is 1950. The molecule has 1 aromatic heterocycles. The third-order valence-electron chi connectivity index (χ3n) is 6.90. The fraction of sp³-hybridized carbons (Fsp3) is 0.111. The number of methoxy groups -OCH3 is 2. The monoisotopic (exact) mass is 698 g/mol. The highest BCUT2D eigenvalue weighted by Crippen LogP contribution is 2.34. The number of thiazole rings is 1. The van der Waals surface area contributed by atoms with Gasteiger partial charge in [-0.2, -0.15) is 0 Å². The zero-order chi connectivity index (χ0) is 34.0. The number of aromatic nitrogens is 1. The lowest BCUT2D eigenvalue weighted by Crippen LogP contribution is -2.30. The van der Waals surface area contributed by atoms with Crippen molar-refractivity contribution in [1.29, 1.82) is 0 Å². The van der Waals surface area contributed by atoms with E-state index < -0.39 is 17.1 Å². The zero-order valence-corrected chi connectivity index (χ0v) is 28.5. The van der Waals surface area contributed by atoms with Crippen LogP contribution in [0, 0.1) is 0 Å². The second-order valence-electron chi connectivity index (χ2n) is 10.3. The predicted octanol–water partition coefficient (Wildman–Crippen LogP) is 8.01. The summed E-state index contributed by atoms with van der Waals surface area (Å²) in [6, 6.07) is 28.2. The van der Waals surface area contributed by atoms with Crippen LogP contribution in [0.5, 0.6) is 11.5 Å². The standard InChI is InChI=1S/C36H31ClN4O5S2/c1-22(33(42)41-36-40-30(21-47-36)25-14-17-31(45-2)32(19-25)46-3)48-28-11-7-10-27(20-28)38-35(44)29(18-23-12-15-26(37)16-13-23)39-34(43)24-8-5-4-6-9-24/h4-22H,1-3H3,(H,38,44)(H,39,43)(H,40,41,42)/b29-18-. The summed E-state index contributed by atoms with van der Waals surface area (Å²) in [6.07, 6.45) is 1.58. The molecule has 1 unspecified atom stereocenters. The molecule has 0 fully saturated rings. The summed E-state index contributed by atoms with van der Waals surface area (Å²) in [7, 11) is 3.15. The highest BCUT2D eigenvalue weighted by atomic mass is 35.5. The molecule has 0 saturated heterocycles. The van der Waals surface area contributed by atoms with Crippen LogP contribution in [0.3, 0.4) is 0 Å². The van der Waals surface area contributed by atoms with E-state index in [1.54, 1.807) is 106 Å². The van der Waals surface area contributed by atoms with Gasteiger partial charge in [-0.1, -0.05) is 48.0 Å². The van der Waals surface area contributed by atoms with Gasteiger partial charge in [0.1, 0.15) is 5.70 Å². The fourth-order valence-corrected chi connectivity index (χ4v) is 6.21. The van der Waals surface area contributed by atoms with Gasteiger partial charge in [-0.3, -0.25) is 14.4 Å². The van der Waals surface area contributed by atoms with Gasteiger partial charge in [-0.05, 0) is 79.2 Å². The highest BCUT2D eigenvalue weighted by molar-refractivity contribution is 8.00. The highest BCUT2D eigenvalue weighted by Gasteiger charge is 2.19. The van der Waals surface area contributed by atoms with Gasteiger partial charge < -0.3 is 25.4 Å². The third kappa shape index (κ3) is 9.03. The Morgan fingerprint density at radius 1 is 0.875 bits per heavy atom. The van der Waals surface area contributed by atoms with Crippen LogP contribution in [0.1, 0.15) is 22.8 Å². The first kappa shape index (κ1) is 34.2. The van der Waals surface area contributed by atoms with Gasteiger partial charge >= 0.3 is 0 Å². The number of hydrogen-bond donors (Lipinski definition) is 3. The number of carbonyl (C=O) groups excluding carboxylic acids is 3. The van der Waals surface area contributed by atoms with Gasteiger partial charge in [-0.25, -0.2) is 4.98 Å². The van der Waals surface area contributed by atoms with Crippen molar-refractivity contribution in [3.63, 3.8) is 0 Å². The maximum atomic E-state index is 13.5. The Labute approximate surface area is 291 Å². The molecule has 0 aliphatic rings. The first-order chi connectivity index (χ1) is 23.2. The Hall–Kier alpha value is -5.10. The third-order valence-corrected chi connectivity index (χ3v) is 9.00. The van der Waals surface area contributed by atoms with Crippen LogP contribution >= 0.6 is 34.7 Å². The zero-order valence-electron chi connectivity index (χ0n) is 26.2. The van der Waals surface area contributed by atoms with Crippen molar-refractivity contribution in [2.75, 3.05) is 24.9 Å². The Kier molecular flexibility index (Phi) is 11.5. The van der Waals surface area contributed by atoms with Crippen molar-refractivity contribution in [3.8, 4) is 22.8 Å². The van der Waals surface area contributed by atoms with E-state index in [2.05, 4.69) is 20.9 Å². The Morgan fingerprint density at radius 3 is 2.35 bits per heavy atom. The molecule has 48 heavy (non-hydrogen) atoms. The molecule has 5 rings (SSSR count). The number of nitrogens with zero attached hydrogens (tertiary/aromatic N) is 1. The lowest BCUT2D eigenvalue weighted by Gasteiger charge is -2.14. The average molecular weight is 699 g/mol. The van der Waals surface area contributed by atoms with E-state index in [0.717, 1.165) is 10.5 Å². The SMILES string of the molecule is COc1ccc(-c2csc(NC(=O)C(C)Sc3cccc(NC(=O)/C(=C/c4ccc(Cl)cc4)NC(=O)c4ccccc4)c3)n2)cc1OC. The minimum atomic E-state index is -0.517. The van der Waals surface area contributed by atoms with E-state index >= 15 is 0 Å². The number of hydrogen-bond acceptors (Lipinski definition) is 8. The first-order valence-electron chi connectivity index (χ1n) is 14.6. The van der Waals surface area contributed by atoms with E-state index in [1.165, 1.54) is 23.1 Å². The van der Waals surface area contributed by atoms with Crippen LogP contribution in [-0.2, 0) is 9.59 Å². The maximum absolute atomic E-state index is 13.5. The lowest BCUT2D eigenvalue weighted by molar-refractivity contribution is -0.115. The smallest absolute Gasteiger partial charge is 0.272 e. The van der Waals surface area contributed by atoms with Gasteiger partial charge in [0, 0.05) is 32.1 Å². The molecular formula is C36H31ClN4O5S2. The van der Waals surface area contributed by atoms with Crippen molar-refractivity contribution in [1.82, 2.24) is 10.3 Å². The molecule has 0 spiro atoms. The molecule has 0 aliphatic carbocycles. The number of ether oxygens (including phenoxy) is 2. The topological polar surface area (TPSA) is 119 Å². The van der Waals surface area contributed by atoms with Crippen LogP contribution < -0.4 is 25.4 Å². The molecule has 9 nitrogen and oxygen atoms in total. The number of nitrogens with one attached hydrogen (secondary N) is 3. The van der Waals surface area contributed by atoms with Gasteiger partial charge in [0.2, 0.25) is 5.91 Å². The summed E-state index contributed by atoms with van der Waals surface area (Å²) in [5.74, 6) is 0.0359. The summed E-state index contributed by atoms with van der Waals surface area (Å²) in [5.41, 5.74) is 3.16. The van der Waals surface area contributed by atoms with Gasteiger partial charge in [0.15, 0.2) is 16.6 Å². The summed E-state index contributed by atoms with van der Waals surface area (Å²) in [6.45, 7) is 1.79. The molecule has 5 aromatic rings. The predicted molar refractivity (Wildman–Crippen MR) is 193 cm³/mol. The molecule has 12 heteroatoms. The second kappa shape index (κ2) is 16.1. The van der Waals surface area contributed by atoms with E-state index in [9.17, 15) is 14.4 Å². The molecule has 0 bridgehead atoms. The summed E-state index contributed by atoms with van der Waals surface area (Å²) < 4.78 is 10.7. The number of anilines is 2. The summed E-state index contributed by atoms with van der Waals surface area (Å²) in [5, 5.41) is 10.9. The normalized spacial score (nSPS) is 11.7. The van der Waals surface area contributed by atoms with Gasteiger partial charge in [0.25, 0.3) is 11.8 Å². The van der Waals surface area contributed by atoms with E-state index in [0.29, 0.717) is 44.2 Å². The van der Waals surface area contributed by atoms with Gasteiger partial charge in [-0.15, -0.1) is 23.1 Å². The van der Waals surface area contributed by atoms with Crippen LogP contribution in [0.4, 0.5) is 10.8 Å². The molecular weight excluding hydrogens is 668 g/mol. The van der Waals surface area contributed by atoms with Gasteiger partial charge in [0.05, 0.1) is 25.2 Å². The van der Waals surface area contributed by atoms with Crippen LogP contribution in [0.25, 0.3) is 17.3 Å². The lowest BCUT2D eigenvalue weighted by atomic mass is 10.1. The number of benzene rings is 4. The molecule has 0 saturated carbocycles. The minimum absolute atomic E-state index is 0.0490. The van der Waals surface area contributed by atoms with Crippen LogP contribution in [-0.4, -0.2) is 42.2 Å². The molecule has 3 N–H and O–H groups in total. The second-order valence-corrected chi connectivity index (χ2v) is 13.0. The Morgan fingerprint density at radius 2 is 1.62 bits per heavy atom. The molecule has 4 aromatic carbocycles. The van der Waals surface area contributed by atoms with Crippen molar-refractivity contribution in [2.45, 2.75) is 17.1 Å². The van der Waals surface area contributed by atoms with Crippen molar-refractivity contribution >= 4 is 69.3 Å². The fourth-order valence-electron chi connectivity index (χ4n) is 4.44. The number of rotatable bonds is 12. The minimum Gasteiger partial charge on any atom is -0.493 e. The molecule has 244 valence electrons. The van der Waals surface area contributed by atoms with Crippen molar-refractivity contribution in [2.24, 2.45) is 0 Å². The van der Waals surface area contributed by atoms with E-state index in [1.807, 2.05) is 23.6 Å². The van der Waals surface area contributed by atoms with Crippen LogP contribution in [0.15, 0.2) is 113 Å². The Balaban J connectivity index is 1.24. The number of thioether (sulfide) groups is 1.